The maximum absolute atomic E-state index is 14.1. The van der Waals surface area contributed by atoms with Crippen molar-refractivity contribution in [2.24, 2.45) is 0 Å². The quantitative estimate of drug-likeness (QED) is 0.558. The lowest BCUT2D eigenvalue weighted by Gasteiger charge is -2.54. The lowest BCUT2D eigenvalue weighted by atomic mass is 9.76. The Kier molecular flexibility index (Phi) is 5.45. The van der Waals surface area contributed by atoms with Crippen LogP contribution in [0.3, 0.4) is 0 Å². The van der Waals surface area contributed by atoms with E-state index in [9.17, 15) is 4.79 Å². The smallest absolute Gasteiger partial charge is 0.240 e. The molecule has 0 radical (unpaired) electrons. The van der Waals surface area contributed by atoms with E-state index < -0.39 is 0 Å². The molecule has 200 valence electrons. The first-order chi connectivity index (χ1) is 19.2. The van der Waals surface area contributed by atoms with Gasteiger partial charge in [-0.2, -0.15) is 0 Å². The molecule has 3 aromatic rings. The molecule has 5 aliphatic rings. The van der Waals surface area contributed by atoms with Gasteiger partial charge in [0, 0.05) is 0 Å². The van der Waals surface area contributed by atoms with Crippen molar-refractivity contribution in [3.8, 4) is 23.0 Å². The average molecular weight is 527 g/mol. The zero-order chi connectivity index (χ0) is 25.9. The first-order valence-electron chi connectivity index (χ1n) is 13.8. The van der Waals surface area contributed by atoms with Gasteiger partial charge in [0.15, 0.2) is 23.0 Å². The third-order valence-corrected chi connectivity index (χ3v) is 8.55. The lowest BCUT2D eigenvalue weighted by Crippen LogP contribution is -2.66. The van der Waals surface area contributed by atoms with Crippen LogP contribution in [0.15, 0.2) is 54.6 Å². The van der Waals surface area contributed by atoms with Crippen LogP contribution >= 0.6 is 0 Å². The van der Waals surface area contributed by atoms with Crippen LogP contribution in [0, 0.1) is 0 Å². The van der Waals surface area contributed by atoms with Crippen molar-refractivity contribution in [2.75, 3.05) is 33.0 Å². The highest BCUT2D eigenvalue weighted by atomic mass is 16.6. The molecule has 1 N–H and O–H groups in total. The molecule has 0 aliphatic carbocycles. The summed E-state index contributed by atoms with van der Waals surface area (Å²) in [5.74, 6) is 3.18. The van der Waals surface area contributed by atoms with Crippen molar-refractivity contribution in [3.05, 3.63) is 82.4 Å². The van der Waals surface area contributed by atoms with Crippen LogP contribution in [0.2, 0.25) is 0 Å². The van der Waals surface area contributed by atoms with E-state index in [1.165, 1.54) is 11.1 Å². The molecule has 2 bridgehead atoms. The van der Waals surface area contributed by atoms with E-state index in [2.05, 4.69) is 46.6 Å². The Balaban J connectivity index is 1.19. The van der Waals surface area contributed by atoms with Gasteiger partial charge < -0.3 is 28.6 Å². The zero-order valence-electron chi connectivity index (χ0n) is 21.6. The maximum atomic E-state index is 14.1. The van der Waals surface area contributed by atoms with Crippen molar-refractivity contribution < 1.29 is 28.5 Å². The molecule has 0 aromatic heterocycles. The van der Waals surface area contributed by atoms with Crippen molar-refractivity contribution >= 4 is 5.91 Å². The minimum Gasteiger partial charge on any atom is -0.486 e. The third kappa shape index (κ3) is 3.85. The molecule has 1 fully saturated rings. The highest BCUT2D eigenvalue weighted by Crippen LogP contribution is 2.48. The fourth-order valence-corrected chi connectivity index (χ4v) is 6.82. The molecule has 8 rings (SSSR count). The fraction of sp³-hybridized carbons (Fsp3) is 0.387. The third-order valence-electron chi connectivity index (χ3n) is 8.55. The first kappa shape index (κ1) is 23.2. The molecular formula is C31H30N2O6. The Morgan fingerprint density at radius 3 is 2.10 bits per heavy atom. The number of ether oxygens (including phenoxy) is 5. The predicted molar refractivity (Wildman–Crippen MR) is 141 cm³/mol. The van der Waals surface area contributed by atoms with Gasteiger partial charge in [-0.1, -0.05) is 30.3 Å². The van der Waals surface area contributed by atoms with Gasteiger partial charge in [-0.15, -0.1) is 0 Å². The summed E-state index contributed by atoms with van der Waals surface area (Å²) in [6, 6.07) is 17.9. The fourth-order valence-electron chi connectivity index (χ4n) is 6.82. The van der Waals surface area contributed by atoms with Crippen molar-refractivity contribution in [2.45, 2.75) is 43.6 Å². The summed E-state index contributed by atoms with van der Waals surface area (Å²) in [4.78, 5) is 16.2. The van der Waals surface area contributed by atoms with Crippen LogP contribution in [-0.4, -0.2) is 55.9 Å². The summed E-state index contributed by atoms with van der Waals surface area (Å²) in [7, 11) is 0. The molecule has 8 nitrogen and oxygen atoms in total. The maximum Gasteiger partial charge on any atom is 0.240 e. The van der Waals surface area contributed by atoms with E-state index in [-0.39, 0.29) is 30.1 Å². The van der Waals surface area contributed by atoms with E-state index in [1.807, 2.05) is 18.2 Å². The summed E-state index contributed by atoms with van der Waals surface area (Å²) in [6.07, 6.45) is 1.33. The van der Waals surface area contributed by atoms with Crippen LogP contribution in [0.1, 0.15) is 39.9 Å². The van der Waals surface area contributed by atoms with Crippen LogP contribution in [0.5, 0.6) is 23.0 Å². The van der Waals surface area contributed by atoms with E-state index in [0.717, 1.165) is 39.7 Å². The van der Waals surface area contributed by atoms with Gasteiger partial charge in [0.25, 0.3) is 0 Å². The number of benzene rings is 3. The van der Waals surface area contributed by atoms with Gasteiger partial charge in [0.2, 0.25) is 5.91 Å². The normalized spacial score (nSPS) is 25.8. The molecule has 3 aromatic carbocycles. The second-order valence-corrected chi connectivity index (χ2v) is 10.8. The number of carbonyl (C=O) groups is 1. The molecule has 1 saturated heterocycles. The number of amides is 1. The lowest BCUT2D eigenvalue weighted by molar-refractivity contribution is -0.148. The van der Waals surface area contributed by atoms with Crippen LogP contribution in [-0.2, 0) is 29.0 Å². The Morgan fingerprint density at radius 1 is 0.795 bits per heavy atom. The SMILES string of the molecule is O=C1[C@@H]2Cc3cc4c(cc3[C@@H](N2)C2Cc3cc5c(cc3[C@H](COCc3ccccc3)N12)OCCO5)OCCO4. The number of carbonyl (C=O) groups excluding carboxylic acids is 1. The van der Waals surface area contributed by atoms with Gasteiger partial charge in [-0.05, 0) is 64.9 Å². The number of nitrogens with zero attached hydrogens (tertiary/aromatic N) is 1. The molecule has 39 heavy (non-hydrogen) atoms. The van der Waals surface area contributed by atoms with E-state index in [0.29, 0.717) is 52.5 Å². The summed E-state index contributed by atoms with van der Waals surface area (Å²) >= 11 is 0. The van der Waals surface area contributed by atoms with E-state index in [1.54, 1.807) is 0 Å². The topological polar surface area (TPSA) is 78.5 Å². The molecule has 1 amide bonds. The molecule has 4 atom stereocenters. The van der Waals surface area contributed by atoms with Gasteiger partial charge in [-0.25, -0.2) is 0 Å². The second-order valence-electron chi connectivity index (χ2n) is 10.8. The highest BCUT2D eigenvalue weighted by Gasteiger charge is 2.51. The molecular weight excluding hydrogens is 496 g/mol. The molecule has 5 aliphatic heterocycles. The molecule has 8 heteroatoms. The van der Waals surface area contributed by atoms with Crippen molar-refractivity contribution in [1.82, 2.24) is 10.2 Å². The summed E-state index contributed by atoms with van der Waals surface area (Å²) in [6.45, 7) is 3.04. The molecule has 0 spiro atoms. The van der Waals surface area contributed by atoms with E-state index >= 15 is 0 Å². The minimum absolute atomic E-state index is 0.0229. The monoisotopic (exact) mass is 526 g/mol. The van der Waals surface area contributed by atoms with Gasteiger partial charge in [0.1, 0.15) is 26.4 Å². The van der Waals surface area contributed by atoms with Gasteiger partial charge >= 0.3 is 0 Å². The summed E-state index contributed by atoms with van der Waals surface area (Å²) in [5, 5.41) is 3.68. The minimum atomic E-state index is -0.295. The predicted octanol–water partition coefficient (Wildman–Crippen LogP) is 3.51. The second kappa shape index (κ2) is 9.17. The Morgan fingerprint density at radius 2 is 1.41 bits per heavy atom. The van der Waals surface area contributed by atoms with Crippen LogP contribution in [0.25, 0.3) is 0 Å². The number of piperazine rings is 1. The highest BCUT2D eigenvalue weighted by molar-refractivity contribution is 5.85. The van der Waals surface area contributed by atoms with Gasteiger partial charge in [0.05, 0.1) is 37.4 Å². The van der Waals surface area contributed by atoms with Crippen LogP contribution < -0.4 is 24.3 Å². The number of rotatable bonds is 4. The average Bonchev–Trinajstić information content (AvgIpc) is 2.98. The molecule has 1 unspecified atom stereocenters. The number of hydrogen-bond acceptors (Lipinski definition) is 7. The van der Waals surface area contributed by atoms with Crippen molar-refractivity contribution in [1.29, 1.82) is 0 Å². The molecule has 5 heterocycles. The van der Waals surface area contributed by atoms with Gasteiger partial charge in [-0.3, -0.25) is 10.1 Å². The summed E-state index contributed by atoms with van der Waals surface area (Å²) in [5.41, 5.74) is 5.70. The number of hydrogen-bond donors (Lipinski definition) is 1. The largest absolute Gasteiger partial charge is 0.486 e. The Hall–Kier alpha value is -3.75. The number of nitrogens with one attached hydrogen (secondary N) is 1. The number of fused-ring (bicyclic) bond motifs is 9. The Labute approximate surface area is 226 Å². The first-order valence-corrected chi connectivity index (χ1v) is 13.8. The Bertz CT molecular complexity index is 1440. The zero-order valence-corrected chi connectivity index (χ0v) is 21.6. The summed E-state index contributed by atoms with van der Waals surface area (Å²) < 4.78 is 30.0. The van der Waals surface area contributed by atoms with Crippen molar-refractivity contribution in [3.63, 3.8) is 0 Å². The van der Waals surface area contributed by atoms with E-state index in [4.69, 9.17) is 23.7 Å². The molecule has 0 saturated carbocycles. The standard InChI is InChI=1S/C31H30N2O6/c34-31-23-10-19-12-26-29(39-9-7-36-26)15-22(19)30(32-23)24-11-20-13-27-28(38-8-6-37-27)14-21(20)25(33(24)31)17-35-16-18-4-2-1-3-5-18/h1-5,12-15,23-25,30,32H,6-11,16-17H2/t23-,24?,25-,30+/m0/s1. The van der Waals surface area contributed by atoms with Crippen LogP contribution in [0.4, 0.5) is 0 Å².